The summed E-state index contributed by atoms with van der Waals surface area (Å²) in [6.07, 6.45) is 4.27. The Balaban J connectivity index is 2.00. The maximum atomic E-state index is 11.9. The van der Waals surface area contributed by atoms with Crippen LogP contribution < -0.4 is 11.1 Å². The van der Waals surface area contributed by atoms with E-state index in [0.29, 0.717) is 12.1 Å². The first kappa shape index (κ1) is 13.4. The van der Waals surface area contributed by atoms with Crippen molar-refractivity contribution in [2.75, 3.05) is 5.32 Å². The summed E-state index contributed by atoms with van der Waals surface area (Å²) >= 11 is 3.30. The molecular formula is C13H17BrN2O2. The van der Waals surface area contributed by atoms with Gasteiger partial charge < -0.3 is 16.2 Å². The van der Waals surface area contributed by atoms with Crippen molar-refractivity contribution < 1.29 is 9.90 Å². The lowest BCUT2D eigenvalue weighted by atomic mass is 9.94. The van der Waals surface area contributed by atoms with Crippen molar-refractivity contribution in [3.63, 3.8) is 0 Å². The van der Waals surface area contributed by atoms with Crippen LogP contribution in [0.3, 0.4) is 0 Å². The van der Waals surface area contributed by atoms with E-state index in [-0.39, 0.29) is 17.2 Å². The highest BCUT2D eigenvalue weighted by atomic mass is 79.9. The summed E-state index contributed by atoms with van der Waals surface area (Å²) in [5.41, 5.74) is 6.19. The summed E-state index contributed by atoms with van der Waals surface area (Å²) in [7, 11) is 0. The Morgan fingerprint density at radius 1 is 1.44 bits per heavy atom. The van der Waals surface area contributed by atoms with Crippen LogP contribution in [0.25, 0.3) is 0 Å². The molecule has 1 saturated carbocycles. The second-order valence-corrected chi connectivity index (χ2v) is 5.87. The summed E-state index contributed by atoms with van der Waals surface area (Å²) in [6.45, 7) is 0. The van der Waals surface area contributed by atoms with Gasteiger partial charge in [-0.25, -0.2) is 0 Å². The maximum absolute atomic E-state index is 11.9. The lowest BCUT2D eigenvalue weighted by Crippen LogP contribution is -2.40. The normalized spacial score (nSPS) is 17.7. The summed E-state index contributed by atoms with van der Waals surface area (Å²) in [4.78, 5) is 11.9. The quantitative estimate of drug-likeness (QED) is 0.751. The summed E-state index contributed by atoms with van der Waals surface area (Å²) in [6, 6.07) is 4.92. The molecule has 2 rings (SSSR count). The molecule has 98 valence electrons. The molecule has 0 aromatic heterocycles. The number of hydrogen-bond acceptors (Lipinski definition) is 3. The van der Waals surface area contributed by atoms with Gasteiger partial charge in [0, 0.05) is 16.4 Å². The molecule has 0 aliphatic heterocycles. The van der Waals surface area contributed by atoms with Crippen LogP contribution in [0.4, 0.5) is 5.69 Å². The number of benzene rings is 1. The highest BCUT2D eigenvalue weighted by Gasteiger charge is 2.31. The van der Waals surface area contributed by atoms with Crippen molar-refractivity contribution in [1.82, 2.24) is 0 Å². The van der Waals surface area contributed by atoms with Gasteiger partial charge in [-0.1, -0.05) is 28.8 Å². The van der Waals surface area contributed by atoms with Gasteiger partial charge in [0.1, 0.15) is 5.75 Å². The van der Waals surface area contributed by atoms with Gasteiger partial charge in [0.15, 0.2) is 0 Å². The molecule has 1 aliphatic rings. The highest BCUT2D eigenvalue weighted by Crippen LogP contribution is 2.31. The van der Waals surface area contributed by atoms with Crippen molar-refractivity contribution in [3.05, 3.63) is 22.7 Å². The van der Waals surface area contributed by atoms with Gasteiger partial charge in [0.25, 0.3) is 0 Å². The molecule has 18 heavy (non-hydrogen) atoms. The number of halogens is 1. The minimum Gasteiger partial charge on any atom is -0.506 e. The Kier molecular flexibility index (Phi) is 3.92. The minimum atomic E-state index is -0.369. The first-order valence-electron chi connectivity index (χ1n) is 6.06. The second kappa shape index (κ2) is 5.28. The van der Waals surface area contributed by atoms with E-state index >= 15 is 0 Å². The number of anilines is 1. The van der Waals surface area contributed by atoms with Crippen LogP contribution >= 0.6 is 15.9 Å². The third-order valence-electron chi connectivity index (χ3n) is 3.34. The number of hydrogen-bond donors (Lipinski definition) is 3. The third-order valence-corrected chi connectivity index (χ3v) is 3.84. The van der Waals surface area contributed by atoms with E-state index in [1.165, 1.54) is 6.07 Å². The summed E-state index contributed by atoms with van der Waals surface area (Å²) < 4.78 is 0.805. The van der Waals surface area contributed by atoms with E-state index < -0.39 is 0 Å². The van der Waals surface area contributed by atoms with Crippen LogP contribution in [-0.4, -0.2) is 16.6 Å². The molecule has 5 heteroatoms. The van der Waals surface area contributed by atoms with Crippen molar-refractivity contribution in [3.8, 4) is 5.75 Å². The summed E-state index contributed by atoms with van der Waals surface area (Å²) in [5, 5.41) is 12.3. The number of nitrogens with two attached hydrogens (primary N) is 1. The lowest BCUT2D eigenvalue weighted by Gasteiger charge is -2.22. The molecule has 0 saturated heterocycles. The molecule has 1 aromatic rings. The molecule has 0 radical (unpaired) electrons. The third kappa shape index (κ3) is 3.23. The standard InChI is InChI=1S/C13H17BrN2O2/c14-9-3-4-11(17)10(7-9)16-12(18)8-13(15)5-1-2-6-13/h3-4,7,17H,1-2,5-6,8,15H2,(H,16,18). The van der Waals surface area contributed by atoms with Crippen LogP contribution in [-0.2, 0) is 4.79 Å². The zero-order chi connectivity index (χ0) is 13.2. The minimum absolute atomic E-state index is 0.0593. The Morgan fingerprint density at radius 2 is 2.11 bits per heavy atom. The topological polar surface area (TPSA) is 75.4 Å². The first-order valence-corrected chi connectivity index (χ1v) is 6.85. The van der Waals surface area contributed by atoms with E-state index in [9.17, 15) is 9.90 Å². The largest absolute Gasteiger partial charge is 0.506 e. The molecule has 0 atom stereocenters. The number of carbonyl (C=O) groups excluding carboxylic acids is 1. The molecule has 1 fully saturated rings. The van der Waals surface area contributed by atoms with Crippen LogP contribution in [0.2, 0.25) is 0 Å². The van der Waals surface area contributed by atoms with Gasteiger partial charge in [-0.2, -0.15) is 0 Å². The van der Waals surface area contributed by atoms with Gasteiger partial charge in [0.2, 0.25) is 5.91 Å². The maximum Gasteiger partial charge on any atom is 0.226 e. The number of phenols is 1. The first-order chi connectivity index (χ1) is 8.48. The Morgan fingerprint density at radius 3 is 2.78 bits per heavy atom. The number of nitrogens with one attached hydrogen (secondary N) is 1. The number of carbonyl (C=O) groups is 1. The predicted octanol–water partition coefficient (Wildman–Crippen LogP) is 2.75. The fourth-order valence-electron chi connectivity index (χ4n) is 2.38. The SMILES string of the molecule is NC1(CC(=O)Nc2cc(Br)ccc2O)CCCC1. The van der Waals surface area contributed by atoms with Gasteiger partial charge in [-0.3, -0.25) is 4.79 Å². The molecule has 4 nitrogen and oxygen atoms in total. The van der Waals surface area contributed by atoms with Crippen molar-refractivity contribution in [1.29, 1.82) is 0 Å². The Bertz CT molecular complexity index is 456. The van der Waals surface area contributed by atoms with Crippen molar-refractivity contribution >= 4 is 27.5 Å². The molecule has 0 heterocycles. The van der Waals surface area contributed by atoms with Crippen molar-refractivity contribution in [2.45, 2.75) is 37.6 Å². The zero-order valence-corrected chi connectivity index (χ0v) is 11.7. The zero-order valence-electron chi connectivity index (χ0n) is 10.1. The van der Waals surface area contributed by atoms with Crippen LogP contribution in [0.5, 0.6) is 5.75 Å². The van der Waals surface area contributed by atoms with E-state index in [1.807, 2.05) is 0 Å². The molecule has 1 amide bonds. The van der Waals surface area contributed by atoms with E-state index in [4.69, 9.17) is 5.73 Å². The number of phenolic OH excluding ortho intramolecular Hbond substituents is 1. The second-order valence-electron chi connectivity index (χ2n) is 4.96. The molecule has 4 N–H and O–H groups in total. The number of amides is 1. The molecule has 0 unspecified atom stereocenters. The Hall–Kier alpha value is -1.07. The molecule has 1 aliphatic carbocycles. The van der Waals surface area contributed by atoms with Gasteiger partial charge in [-0.15, -0.1) is 0 Å². The smallest absolute Gasteiger partial charge is 0.226 e. The van der Waals surface area contributed by atoms with Crippen LogP contribution in [0.15, 0.2) is 22.7 Å². The molecule has 0 spiro atoms. The average Bonchev–Trinajstić information content (AvgIpc) is 2.70. The van der Waals surface area contributed by atoms with E-state index in [2.05, 4.69) is 21.2 Å². The average molecular weight is 313 g/mol. The highest BCUT2D eigenvalue weighted by molar-refractivity contribution is 9.10. The van der Waals surface area contributed by atoms with Crippen LogP contribution in [0.1, 0.15) is 32.1 Å². The fraction of sp³-hybridized carbons (Fsp3) is 0.462. The summed E-state index contributed by atoms with van der Waals surface area (Å²) in [5.74, 6) is -0.0863. The molecular weight excluding hydrogens is 296 g/mol. The van der Waals surface area contributed by atoms with Crippen molar-refractivity contribution in [2.24, 2.45) is 5.73 Å². The number of rotatable bonds is 3. The fourth-order valence-corrected chi connectivity index (χ4v) is 2.74. The van der Waals surface area contributed by atoms with Gasteiger partial charge >= 0.3 is 0 Å². The molecule has 1 aromatic carbocycles. The van der Waals surface area contributed by atoms with Crippen LogP contribution in [0, 0.1) is 0 Å². The molecule has 0 bridgehead atoms. The lowest BCUT2D eigenvalue weighted by molar-refractivity contribution is -0.117. The van der Waals surface area contributed by atoms with Gasteiger partial charge in [-0.05, 0) is 31.0 Å². The van der Waals surface area contributed by atoms with Gasteiger partial charge in [0.05, 0.1) is 5.69 Å². The monoisotopic (exact) mass is 312 g/mol. The Labute approximate surface area is 115 Å². The van der Waals surface area contributed by atoms with E-state index in [0.717, 1.165) is 30.2 Å². The predicted molar refractivity (Wildman–Crippen MR) is 74.4 cm³/mol. The van der Waals surface area contributed by atoms with E-state index in [1.54, 1.807) is 12.1 Å². The number of aromatic hydroxyl groups is 1.